The first kappa shape index (κ1) is 15.5. The molecule has 4 aliphatic rings. The number of carbonyl (C=O) groups excluding carboxylic acids is 1. The molecule has 0 aliphatic heterocycles. The van der Waals surface area contributed by atoms with E-state index in [2.05, 4.69) is 20.8 Å². The van der Waals surface area contributed by atoms with E-state index in [1.54, 1.807) is 0 Å². The van der Waals surface area contributed by atoms with Gasteiger partial charge in [-0.2, -0.15) is 0 Å². The minimum absolute atomic E-state index is 0.212. The first-order valence-electron chi connectivity index (χ1n) is 9.53. The van der Waals surface area contributed by atoms with Crippen LogP contribution in [-0.4, -0.2) is 11.2 Å². The molecule has 0 aromatic rings. The maximum absolute atomic E-state index is 12.1. The molecule has 0 saturated heterocycles. The largest absolute Gasteiger partial charge is 0.298 e. The van der Waals surface area contributed by atoms with Crippen LogP contribution in [0.4, 0.5) is 0 Å². The summed E-state index contributed by atoms with van der Waals surface area (Å²) in [5.74, 6) is 4.49. The second-order valence-corrected chi connectivity index (χ2v) is 10.0. The molecular weight excluding hydrogens is 292 g/mol. The standard InChI is InChI=1S/C20H31ClO/c1-12-4-7-15-14-6-5-13-10-18(22)17(21)11-20(13,3)16(14)8-9-19(12,15)2/h12-17H,4-11H2,1-3H3/t12-,13-,14+,15-,16-,17-,19-,20+/m1/s1. The Labute approximate surface area is 140 Å². The van der Waals surface area contributed by atoms with E-state index in [1.165, 1.54) is 38.5 Å². The summed E-state index contributed by atoms with van der Waals surface area (Å²) in [6.07, 6.45) is 10.0. The van der Waals surface area contributed by atoms with Crippen molar-refractivity contribution in [1.82, 2.24) is 0 Å². The summed E-state index contributed by atoms with van der Waals surface area (Å²) in [5.41, 5.74) is 0.922. The second-order valence-electron chi connectivity index (χ2n) is 9.52. The first-order chi connectivity index (χ1) is 10.4. The fourth-order valence-corrected chi connectivity index (χ4v) is 7.74. The van der Waals surface area contributed by atoms with Gasteiger partial charge in [-0.05, 0) is 85.4 Å². The lowest BCUT2D eigenvalue weighted by atomic mass is 9.45. The zero-order valence-corrected chi connectivity index (χ0v) is 15.2. The van der Waals surface area contributed by atoms with Crippen LogP contribution in [0.1, 0.15) is 72.1 Å². The normalized spacial score (nSPS) is 57.9. The van der Waals surface area contributed by atoms with Gasteiger partial charge in [-0.1, -0.05) is 20.8 Å². The fourth-order valence-electron chi connectivity index (χ4n) is 7.32. The molecule has 4 rings (SSSR count). The number of hydrogen-bond donors (Lipinski definition) is 0. The van der Waals surface area contributed by atoms with Crippen LogP contribution in [0.25, 0.3) is 0 Å². The van der Waals surface area contributed by atoms with Crippen LogP contribution in [0, 0.1) is 40.4 Å². The van der Waals surface area contributed by atoms with E-state index >= 15 is 0 Å². The molecule has 0 bridgehead atoms. The second kappa shape index (κ2) is 4.98. The van der Waals surface area contributed by atoms with Gasteiger partial charge in [0.1, 0.15) is 0 Å². The molecule has 124 valence electrons. The van der Waals surface area contributed by atoms with Crippen molar-refractivity contribution in [2.45, 2.75) is 77.5 Å². The fraction of sp³-hybridized carbons (Fsp3) is 0.950. The van der Waals surface area contributed by atoms with E-state index in [1.807, 2.05) is 0 Å². The van der Waals surface area contributed by atoms with Crippen molar-refractivity contribution >= 4 is 17.4 Å². The summed E-state index contributed by atoms with van der Waals surface area (Å²) in [5, 5.41) is -0.212. The Hall–Kier alpha value is -0.0400. The SMILES string of the molecule is C[C@@H]1CC[C@@H]2[C@@H]3CC[C@@H]4CC(=O)[C@H](Cl)C[C@]4(C)[C@@H]3CC[C@]12C. The van der Waals surface area contributed by atoms with Crippen LogP contribution >= 0.6 is 11.6 Å². The smallest absolute Gasteiger partial charge is 0.150 e. The molecule has 8 atom stereocenters. The number of rotatable bonds is 0. The molecule has 0 spiro atoms. The highest BCUT2D eigenvalue weighted by atomic mass is 35.5. The van der Waals surface area contributed by atoms with Gasteiger partial charge in [-0.3, -0.25) is 4.79 Å². The van der Waals surface area contributed by atoms with Crippen LogP contribution in [0.15, 0.2) is 0 Å². The van der Waals surface area contributed by atoms with E-state index in [9.17, 15) is 4.79 Å². The Morgan fingerprint density at radius 2 is 1.73 bits per heavy atom. The summed E-state index contributed by atoms with van der Waals surface area (Å²) < 4.78 is 0. The maximum Gasteiger partial charge on any atom is 0.150 e. The van der Waals surface area contributed by atoms with Crippen LogP contribution in [-0.2, 0) is 4.79 Å². The van der Waals surface area contributed by atoms with Crippen molar-refractivity contribution in [3.8, 4) is 0 Å². The Morgan fingerprint density at radius 3 is 2.50 bits per heavy atom. The van der Waals surface area contributed by atoms with E-state index in [0.717, 1.165) is 36.5 Å². The number of Topliss-reactive ketones (excluding diaryl/α,β-unsaturated/α-hetero) is 1. The van der Waals surface area contributed by atoms with Crippen molar-refractivity contribution in [3.63, 3.8) is 0 Å². The predicted octanol–water partition coefficient (Wildman–Crippen LogP) is 5.45. The van der Waals surface area contributed by atoms with Crippen LogP contribution in [0.3, 0.4) is 0 Å². The molecule has 4 fully saturated rings. The Bertz CT molecular complexity index is 488. The quantitative estimate of drug-likeness (QED) is 0.542. The molecule has 4 saturated carbocycles. The third-order valence-corrected chi connectivity index (χ3v) is 9.35. The van der Waals surface area contributed by atoms with Crippen molar-refractivity contribution in [2.24, 2.45) is 40.4 Å². The van der Waals surface area contributed by atoms with E-state index in [4.69, 9.17) is 11.6 Å². The first-order valence-corrected chi connectivity index (χ1v) is 9.96. The highest BCUT2D eigenvalue weighted by Crippen LogP contribution is 2.67. The highest BCUT2D eigenvalue weighted by molar-refractivity contribution is 6.31. The molecule has 0 aromatic heterocycles. The van der Waals surface area contributed by atoms with Gasteiger partial charge in [0.2, 0.25) is 0 Å². The summed E-state index contributed by atoms with van der Waals surface area (Å²) >= 11 is 6.42. The lowest BCUT2D eigenvalue weighted by molar-refractivity contribution is -0.138. The molecular formula is C20H31ClO. The molecule has 0 heterocycles. The van der Waals surface area contributed by atoms with Crippen molar-refractivity contribution < 1.29 is 4.79 Å². The Kier molecular flexibility index (Phi) is 3.50. The predicted molar refractivity (Wildman–Crippen MR) is 90.9 cm³/mol. The molecule has 0 unspecified atom stereocenters. The molecule has 22 heavy (non-hydrogen) atoms. The molecule has 1 nitrogen and oxygen atoms in total. The molecule has 0 amide bonds. The van der Waals surface area contributed by atoms with Crippen molar-refractivity contribution in [3.05, 3.63) is 0 Å². The molecule has 0 N–H and O–H groups in total. The topological polar surface area (TPSA) is 17.1 Å². The zero-order valence-electron chi connectivity index (χ0n) is 14.4. The third-order valence-electron chi connectivity index (χ3n) is 8.96. The maximum atomic E-state index is 12.1. The number of halogens is 1. The van der Waals surface area contributed by atoms with Crippen molar-refractivity contribution in [2.75, 3.05) is 0 Å². The van der Waals surface area contributed by atoms with E-state index in [0.29, 0.717) is 22.5 Å². The number of alkyl halides is 1. The van der Waals surface area contributed by atoms with Gasteiger partial charge in [-0.15, -0.1) is 11.6 Å². The number of carbonyl (C=O) groups is 1. The van der Waals surface area contributed by atoms with Crippen molar-refractivity contribution in [1.29, 1.82) is 0 Å². The average molecular weight is 323 g/mol. The van der Waals surface area contributed by atoms with E-state index < -0.39 is 0 Å². The van der Waals surface area contributed by atoms with Crippen LogP contribution in [0.5, 0.6) is 0 Å². The summed E-state index contributed by atoms with van der Waals surface area (Å²) in [4.78, 5) is 12.1. The minimum atomic E-state index is -0.212. The van der Waals surface area contributed by atoms with Crippen LogP contribution < -0.4 is 0 Å². The zero-order chi connectivity index (χ0) is 15.7. The van der Waals surface area contributed by atoms with Gasteiger partial charge in [0.15, 0.2) is 5.78 Å². The van der Waals surface area contributed by atoms with Gasteiger partial charge < -0.3 is 0 Å². The number of ketones is 1. The van der Waals surface area contributed by atoms with Gasteiger partial charge >= 0.3 is 0 Å². The average Bonchev–Trinajstić information content (AvgIpc) is 2.77. The summed E-state index contributed by atoms with van der Waals surface area (Å²) in [6, 6.07) is 0. The lowest BCUT2D eigenvalue weighted by Crippen LogP contribution is -2.55. The highest BCUT2D eigenvalue weighted by Gasteiger charge is 2.60. The summed E-state index contributed by atoms with van der Waals surface area (Å²) in [7, 11) is 0. The lowest BCUT2D eigenvalue weighted by Gasteiger charge is -2.60. The monoisotopic (exact) mass is 322 g/mol. The van der Waals surface area contributed by atoms with Gasteiger partial charge in [0, 0.05) is 6.42 Å². The van der Waals surface area contributed by atoms with Gasteiger partial charge in [0.25, 0.3) is 0 Å². The summed E-state index contributed by atoms with van der Waals surface area (Å²) in [6.45, 7) is 7.55. The molecule has 0 radical (unpaired) electrons. The van der Waals surface area contributed by atoms with E-state index in [-0.39, 0.29) is 5.38 Å². The number of hydrogen-bond acceptors (Lipinski definition) is 1. The Morgan fingerprint density at radius 1 is 1.00 bits per heavy atom. The van der Waals surface area contributed by atoms with Gasteiger partial charge in [0.05, 0.1) is 5.38 Å². The van der Waals surface area contributed by atoms with Gasteiger partial charge in [-0.25, -0.2) is 0 Å². The third kappa shape index (κ3) is 1.93. The molecule has 4 aliphatic carbocycles. The molecule has 0 aromatic carbocycles. The van der Waals surface area contributed by atoms with Crippen LogP contribution in [0.2, 0.25) is 0 Å². The number of fused-ring (bicyclic) bond motifs is 5. The molecule has 2 heteroatoms. The Balaban J connectivity index is 1.65. The minimum Gasteiger partial charge on any atom is -0.298 e.